The van der Waals surface area contributed by atoms with Gasteiger partial charge in [0.25, 0.3) is 0 Å². The van der Waals surface area contributed by atoms with Crippen molar-refractivity contribution in [3.8, 4) is 0 Å². The molecular weight excluding hydrogens is 417 g/mol. The van der Waals surface area contributed by atoms with E-state index in [2.05, 4.69) is 21.1 Å². The number of hydrazine groups is 1. The second-order valence-corrected chi connectivity index (χ2v) is 7.66. The monoisotopic (exact) mass is 433 g/mol. The Bertz CT molecular complexity index is 740. The molecule has 3 unspecified atom stereocenters. The standard InChI is InChI=1S/C16H17BrF3N4O2/c17-14-7-13(26-21-14)10-8-22(15-5-6-24(25)23(15)9-10)12-3-1-11(2-4-12)16(18,19)20/h1-4,10,13,15H,5-9H2/q+1. The normalized spacial score (nSPS) is 28.8. The van der Waals surface area contributed by atoms with Gasteiger partial charge >= 0.3 is 6.18 Å². The fraction of sp³-hybridized carbons (Fsp3) is 0.562. The summed E-state index contributed by atoms with van der Waals surface area (Å²) in [5.74, 6) is 0.0156. The first kappa shape index (κ1) is 17.6. The molecule has 0 saturated carbocycles. The summed E-state index contributed by atoms with van der Waals surface area (Å²) in [5.41, 5.74) is -0.00835. The van der Waals surface area contributed by atoms with E-state index in [0.717, 1.165) is 21.6 Å². The Kier molecular flexibility index (Phi) is 4.32. The Morgan fingerprint density at radius 3 is 2.58 bits per heavy atom. The lowest BCUT2D eigenvalue weighted by Gasteiger charge is -2.41. The van der Waals surface area contributed by atoms with Gasteiger partial charge in [0.1, 0.15) is 15.6 Å². The first-order valence-corrected chi connectivity index (χ1v) is 9.15. The van der Waals surface area contributed by atoms with Gasteiger partial charge in [0.2, 0.25) is 6.54 Å². The van der Waals surface area contributed by atoms with Crippen molar-refractivity contribution in [3.63, 3.8) is 0 Å². The highest BCUT2D eigenvalue weighted by molar-refractivity contribution is 9.18. The third kappa shape index (κ3) is 3.15. The van der Waals surface area contributed by atoms with Crippen LogP contribution in [0, 0.1) is 10.8 Å². The van der Waals surface area contributed by atoms with Gasteiger partial charge in [-0.3, -0.25) is 0 Å². The zero-order valence-electron chi connectivity index (χ0n) is 13.7. The molecule has 0 spiro atoms. The van der Waals surface area contributed by atoms with Crippen LogP contribution in [0.15, 0.2) is 29.4 Å². The van der Waals surface area contributed by atoms with E-state index < -0.39 is 11.7 Å². The molecule has 3 heterocycles. The predicted octanol–water partition coefficient (Wildman–Crippen LogP) is 3.36. The van der Waals surface area contributed by atoms with Gasteiger partial charge in [-0.2, -0.15) is 13.2 Å². The van der Waals surface area contributed by atoms with E-state index in [0.29, 0.717) is 38.2 Å². The van der Waals surface area contributed by atoms with E-state index in [1.54, 1.807) is 5.01 Å². The Balaban J connectivity index is 1.59. The van der Waals surface area contributed by atoms with E-state index in [-0.39, 0.29) is 18.2 Å². The first-order valence-electron chi connectivity index (χ1n) is 8.36. The van der Waals surface area contributed by atoms with Crippen molar-refractivity contribution in [1.29, 1.82) is 0 Å². The van der Waals surface area contributed by atoms with Crippen LogP contribution in [0.2, 0.25) is 0 Å². The average molecular weight is 434 g/mol. The molecular formula is C16H17BrF3N4O2+. The van der Waals surface area contributed by atoms with Gasteiger partial charge in [-0.05, 0) is 40.2 Å². The Hall–Kier alpha value is -1.84. The van der Waals surface area contributed by atoms with Gasteiger partial charge in [-0.15, -0.1) is 5.01 Å². The van der Waals surface area contributed by atoms with Crippen LogP contribution < -0.4 is 4.90 Å². The summed E-state index contributed by atoms with van der Waals surface area (Å²) in [6, 6.07) is 5.11. The van der Waals surface area contributed by atoms with Crippen LogP contribution in [0.5, 0.6) is 0 Å². The van der Waals surface area contributed by atoms with Crippen LogP contribution in [0.1, 0.15) is 18.4 Å². The summed E-state index contributed by atoms with van der Waals surface area (Å²) >= 11 is 3.32. The van der Waals surface area contributed by atoms with Crippen LogP contribution in [0.25, 0.3) is 0 Å². The van der Waals surface area contributed by atoms with Gasteiger partial charge in [0, 0.05) is 24.6 Å². The molecule has 3 aliphatic heterocycles. The number of nitroso groups, excluding NO2 is 1. The third-order valence-corrected chi connectivity index (χ3v) is 5.60. The SMILES string of the molecule is O=[N+]1CCC2N(c3ccc(C(F)(F)F)cc3)CC(C3CC(Br)=NO3)CN21. The molecule has 0 amide bonds. The molecule has 6 nitrogen and oxygen atoms in total. The Labute approximate surface area is 156 Å². The summed E-state index contributed by atoms with van der Waals surface area (Å²) in [6.07, 6.45) is -3.40. The molecule has 4 rings (SSSR count). The molecule has 10 heteroatoms. The second-order valence-electron chi connectivity index (χ2n) is 6.74. The highest BCUT2D eigenvalue weighted by Gasteiger charge is 2.49. The zero-order chi connectivity index (χ0) is 18.5. The lowest BCUT2D eigenvalue weighted by atomic mass is 9.95. The maximum absolute atomic E-state index is 12.8. The Morgan fingerprint density at radius 1 is 1.23 bits per heavy atom. The molecule has 26 heavy (non-hydrogen) atoms. The predicted molar refractivity (Wildman–Crippen MR) is 91.7 cm³/mol. The summed E-state index contributed by atoms with van der Waals surface area (Å²) in [5, 5.41) is 5.65. The summed E-state index contributed by atoms with van der Waals surface area (Å²) in [7, 11) is 0. The van der Waals surface area contributed by atoms with E-state index >= 15 is 0 Å². The molecule has 2 saturated heterocycles. The zero-order valence-corrected chi connectivity index (χ0v) is 15.3. The van der Waals surface area contributed by atoms with Crippen molar-refractivity contribution in [2.75, 3.05) is 24.5 Å². The fourth-order valence-corrected chi connectivity index (χ4v) is 4.23. The number of hydrogen-bond donors (Lipinski definition) is 0. The Morgan fingerprint density at radius 2 is 1.96 bits per heavy atom. The molecule has 0 aromatic heterocycles. The number of rotatable bonds is 2. The molecule has 0 N–H and O–H groups in total. The fourth-order valence-electron chi connectivity index (χ4n) is 3.83. The minimum atomic E-state index is -4.37. The summed E-state index contributed by atoms with van der Waals surface area (Å²) in [6.45, 7) is 1.52. The smallest absolute Gasteiger partial charge is 0.391 e. The highest BCUT2D eigenvalue weighted by atomic mass is 79.9. The van der Waals surface area contributed by atoms with E-state index in [4.69, 9.17) is 4.84 Å². The largest absolute Gasteiger partial charge is 0.416 e. The molecule has 0 bridgehead atoms. The van der Waals surface area contributed by atoms with Crippen LogP contribution >= 0.6 is 15.9 Å². The van der Waals surface area contributed by atoms with Crippen molar-refractivity contribution in [1.82, 2.24) is 5.01 Å². The van der Waals surface area contributed by atoms with Crippen LogP contribution in [-0.4, -0.2) is 46.4 Å². The molecule has 1 aromatic carbocycles. The number of halogens is 4. The molecule has 140 valence electrons. The minimum Gasteiger partial charge on any atom is -0.391 e. The van der Waals surface area contributed by atoms with Gasteiger partial charge in [0.05, 0.1) is 23.4 Å². The number of fused-ring (bicyclic) bond motifs is 1. The van der Waals surface area contributed by atoms with E-state index in [1.165, 1.54) is 12.1 Å². The maximum Gasteiger partial charge on any atom is 0.416 e. The lowest BCUT2D eigenvalue weighted by molar-refractivity contribution is -0.692. The van der Waals surface area contributed by atoms with Crippen molar-refractivity contribution in [2.24, 2.45) is 11.1 Å². The quantitative estimate of drug-likeness (QED) is 0.670. The number of anilines is 1. The average Bonchev–Trinajstić information content (AvgIpc) is 3.20. The summed E-state index contributed by atoms with van der Waals surface area (Å²) < 4.78 is 39.2. The number of hydrogen-bond acceptors (Lipinski definition) is 4. The molecule has 0 aliphatic carbocycles. The van der Waals surface area contributed by atoms with Crippen molar-refractivity contribution in [2.45, 2.75) is 31.3 Å². The van der Waals surface area contributed by atoms with Crippen LogP contribution in [0.4, 0.5) is 18.9 Å². The topological polar surface area (TPSA) is 48.1 Å². The van der Waals surface area contributed by atoms with Crippen LogP contribution in [-0.2, 0) is 11.0 Å². The van der Waals surface area contributed by atoms with E-state index in [9.17, 15) is 18.1 Å². The van der Waals surface area contributed by atoms with E-state index in [1.807, 2.05) is 4.90 Å². The number of alkyl halides is 3. The van der Waals surface area contributed by atoms with Crippen molar-refractivity contribution >= 4 is 26.2 Å². The number of oxime groups is 1. The lowest BCUT2D eigenvalue weighted by Crippen LogP contribution is -2.58. The second kappa shape index (κ2) is 6.40. The van der Waals surface area contributed by atoms with Gasteiger partial charge in [-0.1, -0.05) is 5.16 Å². The molecule has 1 aromatic rings. The summed E-state index contributed by atoms with van der Waals surface area (Å²) in [4.78, 5) is 20.6. The van der Waals surface area contributed by atoms with Gasteiger partial charge < -0.3 is 9.74 Å². The molecule has 2 fully saturated rings. The highest BCUT2D eigenvalue weighted by Crippen LogP contribution is 2.36. The minimum absolute atomic E-state index is 0.0156. The third-order valence-electron chi connectivity index (χ3n) is 5.13. The molecule has 3 atom stereocenters. The maximum atomic E-state index is 12.8. The molecule has 0 radical (unpaired) electrons. The number of benzene rings is 1. The molecule has 3 aliphatic rings. The number of nitrogens with zero attached hydrogens (tertiary/aromatic N) is 4. The van der Waals surface area contributed by atoms with Gasteiger partial charge in [-0.25, -0.2) is 0 Å². The van der Waals surface area contributed by atoms with Gasteiger partial charge in [0.15, 0.2) is 6.17 Å². The van der Waals surface area contributed by atoms with Crippen molar-refractivity contribution in [3.05, 3.63) is 34.7 Å². The van der Waals surface area contributed by atoms with Crippen molar-refractivity contribution < 1.29 is 22.9 Å². The van der Waals surface area contributed by atoms with Crippen LogP contribution in [0.3, 0.4) is 0 Å². The first-order chi connectivity index (χ1) is 12.3.